The molecule has 2 N–H and O–H groups in total. The number of benzene rings is 1. The van der Waals surface area contributed by atoms with Crippen molar-refractivity contribution in [3.05, 3.63) is 41.4 Å². The van der Waals surface area contributed by atoms with Crippen LogP contribution in [0.2, 0.25) is 0 Å². The number of rotatable bonds is 4. The molecular formula is C16H16N2O3S2. The van der Waals surface area contributed by atoms with Crippen LogP contribution in [0.25, 0.3) is 10.6 Å². The second-order valence-corrected chi connectivity index (χ2v) is 7.60. The first kappa shape index (κ1) is 16.0. The van der Waals surface area contributed by atoms with Gasteiger partial charge in [-0.1, -0.05) is 30.3 Å². The molecule has 7 heteroatoms. The molecule has 0 atom stereocenters. The Kier molecular flexibility index (Phi) is 4.68. The molecule has 2 aromatic rings. The van der Waals surface area contributed by atoms with Crippen LogP contribution in [0.15, 0.2) is 36.5 Å². The molecule has 0 unspecified atom stereocenters. The fraction of sp³-hybridized carbons (Fsp3) is 0.312. The Hall–Kier alpha value is -1.86. The average molecular weight is 348 g/mol. The van der Waals surface area contributed by atoms with Gasteiger partial charge in [0, 0.05) is 5.56 Å². The standard InChI is InChI=1S/C16H16N2O3S2/c19-13(18-16(15(20)21)6-8-22-9-7-16)12-10-17-14(23-12)11-4-2-1-3-5-11/h1-5,10H,6-9H2,(H,18,19)(H,20,21). The lowest BCUT2D eigenvalue weighted by Crippen LogP contribution is -2.56. The molecule has 0 spiro atoms. The minimum atomic E-state index is -1.15. The predicted octanol–water partition coefficient (Wildman–Crippen LogP) is 2.89. The number of carbonyl (C=O) groups is 2. The number of thioether (sulfide) groups is 1. The monoisotopic (exact) mass is 348 g/mol. The maximum Gasteiger partial charge on any atom is 0.329 e. The van der Waals surface area contributed by atoms with Gasteiger partial charge in [-0.05, 0) is 24.3 Å². The van der Waals surface area contributed by atoms with Gasteiger partial charge >= 0.3 is 5.97 Å². The van der Waals surface area contributed by atoms with E-state index >= 15 is 0 Å². The Bertz CT molecular complexity index is 709. The topological polar surface area (TPSA) is 79.3 Å². The molecule has 0 radical (unpaired) electrons. The van der Waals surface area contributed by atoms with E-state index in [2.05, 4.69) is 10.3 Å². The number of aliphatic carboxylic acids is 1. The first-order valence-electron chi connectivity index (χ1n) is 7.26. The summed E-state index contributed by atoms with van der Waals surface area (Å²) in [6.07, 6.45) is 2.40. The van der Waals surface area contributed by atoms with Gasteiger partial charge in [0.05, 0.1) is 6.20 Å². The molecule has 1 aromatic carbocycles. The van der Waals surface area contributed by atoms with Crippen molar-refractivity contribution in [1.29, 1.82) is 0 Å². The number of hydrogen-bond acceptors (Lipinski definition) is 5. The Balaban J connectivity index is 1.78. The molecule has 0 aliphatic carbocycles. The van der Waals surface area contributed by atoms with E-state index in [1.165, 1.54) is 17.5 Å². The fourth-order valence-corrected chi connectivity index (χ4v) is 4.49. The molecular weight excluding hydrogens is 332 g/mol. The van der Waals surface area contributed by atoms with Crippen LogP contribution < -0.4 is 5.32 Å². The average Bonchev–Trinajstić information content (AvgIpc) is 3.06. The quantitative estimate of drug-likeness (QED) is 0.888. The normalized spacial score (nSPS) is 16.7. The highest BCUT2D eigenvalue weighted by Crippen LogP contribution is 2.29. The first-order chi connectivity index (χ1) is 11.1. The van der Waals surface area contributed by atoms with Crippen molar-refractivity contribution in [1.82, 2.24) is 10.3 Å². The molecule has 120 valence electrons. The molecule has 3 rings (SSSR count). The van der Waals surface area contributed by atoms with Gasteiger partial charge in [0.25, 0.3) is 5.91 Å². The summed E-state index contributed by atoms with van der Waals surface area (Å²) in [6, 6.07) is 9.60. The van der Waals surface area contributed by atoms with E-state index in [4.69, 9.17) is 0 Å². The molecule has 1 aliphatic rings. The van der Waals surface area contributed by atoms with Crippen LogP contribution in [0.1, 0.15) is 22.5 Å². The molecule has 1 aromatic heterocycles. The predicted molar refractivity (Wildman–Crippen MR) is 91.9 cm³/mol. The number of carbonyl (C=O) groups excluding carboxylic acids is 1. The van der Waals surface area contributed by atoms with Crippen molar-refractivity contribution in [2.24, 2.45) is 0 Å². The van der Waals surface area contributed by atoms with Gasteiger partial charge in [-0.2, -0.15) is 11.8 Å². The lowest BCUT2D eigenvalue weighted by atomic mass is 9.92. The van der Waals surface area contributed by atoms with Gasteiger partial charge in [-0.25, -0.2) is 9.78 Å². The first-order valence-corrected chi connectivity index (χ1v) is 9.23. The summed E-state index contributed by atoms with van der Waals surface area (Å²) < 4.78 is 0. The number of hydrogen-bond donors (Lipinski definition) is 2. The Morgan fingerprint density at radius 1 is 1.17 bits per heavy atom. The fourth-order valence-electron chi connectivity index (χ4n) is 2.48. The van der Waals surface area contributed by atoms with Crippen LogP contribution in [-0.4, -0.2) is 39.0 Å². The van der Waals surface area contributed by atoms with Crippen LogP contribution in [-0.2, 0) is 4.79 Å². The van der Waals surface area contributed by atoms with E-state index in [0.717, 1.165) is 22.1 Å². The highest BCUT2D eigenvalue weighted by Gasteiger charge is 2.41. The van der Waals surface area contributed by atoms with Crippen LogP contribution in [0.5, 0.6) is 0 Å². The number of nitrogens with zero attached hydrogens (tertiary/aromatic N) is 1. The number of nitrogens with one attached hydrogen (secondary N) is 1. The third-order valence-corrected chi connectivity index (χ3v) is 5.89. The second kappa shape index (κ2) is 6.72. The molecule has 1 fully saturated rings. The maximum absolute atomic E-state index is 12.5. The molecule has 1 saturated heterocycles. The lowest BCUT2D eigenvalue weighted by Gasteiger charge is -2.33. The largest absolute Gasteiger partial charge is 0.480 e. The Morgan fingerprint density at radius 2 is 1.87 bits per heavy atom. The zero-order valence-electron chi connectivity index (χ0n) is 12.3. The zero-order chi connectivity index (χ0) is 16.3. The number of amides is 1. The summed E-state index contributed by atoms with van der Waals surface area (Å²) in [6.45, 7) is 0. The summed E-state index contributed by atoms with van der Waals surface area (Å²) >= 11 is 2.99. The van der Waals surface area contributed by atoms with Gasteiger partial charge in [0.15, 0.2) is 0 Å². The highest BCUT2D eigenvalue weighted by atomic mass is 32.2. The second-order valence-electron chi connectivity index (χ2n) is 5.35. The van der Waals surface area contributed by atoms with E-state index in [1.807, 2.05) is 30.3 Å². The molecule has 5 nitrogen and oxygen atoms in total. The van der Waals surface area contributed by atoms with Gasteiger partial charge in [0.1, 0.15) is 15.4 Å². The van der Waals surface area contributed by atoms with Gasteiger partial charge < -0.3 is 10.4 Å². The summed E-state index contributed by atoms with van der Waals surface area (Å²) in [7, 11) is 0. The van der Waals surface area contributed by atoms with Gasteiger partial charge in [0.2, 0.25) is 0 Å². The van der Waals surface area contributed by atoms with Crippen molar-refractivity contribution < 1.29 is 14.7 Å². The minimum absolute atomic E-state index is 0.362. The zero-order valence-corrected chi connectivity index (χ0v) is 14.0. The van der Waals surface area contributed by atoms with Crippen molar-refractivity contribution in [3.8, 4) is 10.6 Å². The lowest BCUT2D eigenvalue weighted by molar-refractivity contribution is -0.144. The van der Waals surface area contributed by atoms with E-state index in [1.54, 1.807) is 11.8 Å². The molecule has 0 bridgehead atoms. The molecule has 23 heavy (non-hydrogen) atoms. The van der Waals surface area contributed by atoms with Gasteiger partial charge in [-0.15, -0.1) is 11.3 Å². The minimum Gasteiger partial charge on any atom is -0.480 e. The van der Waals surface area contributed by atoms with E-state index in [-0.39, 0.29) is 5.91 Å². The van der Waals surface area contributed by atoms with Gasteiger partial charge in [-0.3, -0.25) is 4.79 Å². The third kappa shape index (κ3) is 3.40. The van der Waals surface area contributed by atoms with Crippen molar-refractivity contribution in [2.45, 2.75) is 18.4 Å². The summed E-state index contributed by atoms with van der Waals surface area (Å²) in [4.78, 5) is 28.8. The number of thiazole rings is 1. The molecule has 1 aliphatic heterocycles. The van der Waals surface area contributed by atoms with Crippen molar-refractivity contribution in [3.63, 3.8) is 0 Å². The smallest absolute Gasteiger partial charge is 0.329 e. The van der Waals surface area contributed by atoms with Crippen LogP contribution in [0.4, 0.5) is 0 Å². The van der Waals surface area contributed by atoms with E-state index in [9.17, 15) is 14.7 Å². The van der Waals surface area contributed by atoms with E-state index in [0.29, 0.717) is 17.7 Å². The number of carboxylic acid groups (broad SMARTS) is 1. The number of carboxylic acids is 1. The maximum atomic E-state index is 12.5. The van der Waals surface area contributed by atoms with Crippen molar-refractivity contribution >= 4 is 35.0 Å². The SMILES string of the molecule is O=C(NC1(C(=O)O)CCSCC1)c1cnc(-c2ccccc2)s1. The van der Waals surface area contributed by atoms with E-state index < -0.39 is 11.5 Å². The highest BCUT2D eigenvalue weighted by molar-refractivity contribution is 7.99. The third-order valence-electron chi connectivity index (χ3n) is 3.86. The number of aromatic nitrogens is 1. The summed E-state index contributed by atoms with van der Waals surface area (Å²) in [5.41, 5.74) is -0.210. The molecule has 2 heterocycles. The van der Waals surface area contributed by atoms with Crippen LogP contribution in [0.3, 0.4) is 0 Å². The summed E-state index contributed by atoms with van der Waals surface area (Å²) in [5.74, 6) is 0.160. The van der Waals surface area contributed by atoms with Crippen LogP contribution >= 0.6 is 23.1 Å². The van der Waals surface area contributed by atoms with Crippen molar-refractivity contribution in [2.75, 3.05) is 11.5 Å². The van der Waals surface area contributed by atoms with Crippen LogP contribution in [0, 0.1) is 0 Å². The Labute approximate surface area is 142 Å². The summed E-state index contributed by atoms with van der Waals surface area (Å²) in [5, 5.41) is 13.0. The molecule has 0 saturated carbocycles. The Morgan fingerprint density at radius 3 is 2.52 bits per heavy atom. The molecule has 1 amide bonds.